The maximum Gasteiger partial charge on any atom is 0.136 e. The van der Waals surface area contributed by atoms with Crippen molar-refractivity contribution in [1.29, 1.82) is 0 Å². The zero-order valence-electron chi connectivity index (χ0n) is 7.14. The highest BCUT2D eigenvalue weighted by molar-refractivity contribution is 4.72. The molecule has 0 aromatic carbocycles. The quantitative estimate of drug-likeness (QED) is 0.618. The summed E-state index contributed by atoms with van der Waals surface area (Å²) in [6.07, 6.45) is -0.658. The van der Waals surface area contributed by atoms with E-state index in [0.29, 0.717) is 12.5 Å². The Labute approximate surface area is 67.1 Å². The van der Waals surface area contributed by atoms with Gasteiger partial charge in [-0.3, -0.25) is 0 Å². The third-order valence-electron chi connectivity index (χ3n) is 1.95. The van der Waals surface area contributed by atoms with Gasteiger partial charge in [0.05, 0.1) is 12.7 Å². The molecule has 1 unspecified atom stereocenters. The maximum atomic E-state index is 12.7. The molecule has 0 bridgehead atoms. The van der Waals surface area contributed by atoms with E-state index in [2.05, 4.69) is 19.2 Å². The molecule has 3 heteroatoms. The van der Waals surface area contributed by atoms with Crippen LogP contribution in [0.4, 0.5) is 4.39 Å². The normalized spacial score (nSPS) is 33.8. The number of halogens is 1. The second-order valence-corrected chi connectivity index (χ2v) is 3.37. The van der Waals surface area contributed by atoms with Crippen LogP contribution in [-0.4, -0.2) is 32.0 Å². The van der Waals surface area contributed by atoms with Crippen LogP contribution in [-0.2, 0) is 4.74 Å². The van der Waals surface area contributed by atoms with Gasteiger partial charge in [-0.2, -0.15) is 0 Å². The summed E-state index contributed by atoms with van der Waals surface area (Å²) in [5, 5.41) is 3.03. The number of rotatable bonds is 1. The predicted molar refractivity (Wildman–Crippen MR) is 42.3 cm³/mol. The van der Waals surface area contributed by atoms with Crippen LogP contribution >= 0.6 is 0 Å². The lowest BCUT2D eigenvalue weighted by atomic mass is 10.1. The van der Waals surface area contributed by atoms with E-state index >= 15 is 0 Å². The lowest BCUT2D eigenvalue weighted by Crippen LogP contribution is -2.30. The Hall–Kier alpha value is -0.150. The van der Waals surface area contributed by atoms with Gasteiger partial charge in [0.25, 0.3) is 0 Å². The summed E-state index contributed by atoms with van der Waals surface area (Å²) < 4.78 is 18.0. The molecule has 66 valence electrons. The van der Waals surface area contributed by atoms with Crippen molar-refractivity contribution in [2.45, 2.75) is 26.1 Å². The van der Waals surface area contributed by atoms with Crippen molar-refractivity contribution in [3.63, 3.8) is 0 Å². The second kappa shape index (κ2) is 4.02. The molecule has 0 aromatic rings. The summed E-state index contributed by atoms with van der Waals surface area (Å²) in [6, 6.07) is 0. The van der Waals surface area contributed by atoms with Crippen LogP contribution in [0.25, 0.3) is 0 Å². The monoisotopic (exact) mass is 161 g/mol. The van der Waals surface area contributed by atoms with E-state index in [1.165, 1.54) is 0 Å². The highest BCUT2D eigenvalue weighted by Gasteiger charge is 2.20. The van der Waals surface area contributed by atoms with E-state index in [4.69, 9.17) is 4.74 Å². The summed E-state index contributed by atoms with van der Waals surface area (Å²) in [5.41, 5.74) is 0. The minimum absolute atomic E-state index is 0.177. The Morgan fingerprint density at radius 1 is 1.45 bits per heavy atom. The van der Waals surface area contributed by atoms with E-state index in [1.807, 2.05) is 0 Å². The van der Waals surface area contributed by atoms with Gasteiger partial charge in [-0.15, -0.1) is 0 Å². The van der Waals surface area contributed by atoms with E-state index in [9.17, 15) is 4.39 Å². The number of hydrogen-bond donors (Lipinski definition) is 1. The van der Waals surface area contributed by atoms with Gasteiger partial charge in [-0.25, -0.2) is 4.39 Å². The third kappa shape index (κ3) is 2.75. The lowest BCUT2D eigenvalue weighted by Gasteiger charge is -2.18. The molecule has 1 rings (SSSR count). The molecule has 0 aliphatic carbocycles. The fourth-order valence-corrected chi connectivity index (χ4v) is 1.16. The number of nitrogens with one attached hydrogen (secondary N) is 1. The molecule has 0 radical (unpaired) electrons. The summed E-state index contributed by atoms with van der Waals surface area (Å²) in [6.45, 7) is 5.63. The maximum absolute atomic E-state index is 12.7. The Morgan fingerprint density at radius 3 is 2.82 bits per heavy atom. The zero-order chi connectivity index (χ0) is 8.27. The van der Waals surface area contributed by atoms with Crippen molar-refractivity contribution in [1.82, 2.24) is 5.32 Å². The molecule has 1 aliphatic heterocycles. The highest BCUT2D eigenvalue weighted by atomic mass is 19.1. The molecule has 0 saturated carbocycles. The topological polar surface area (TPSA) is 21.3 Å². The summed E-state index contributed by atoms with van der Waals surface area (Å²) in [7, 11) is 0. The molecule has 11 heavy (non-hydrogen) atoms. The second-order valence-electron chi connectivity index (χ2n) is 3.37. The minimum Gasteiger partial charge on any atom is -0.374 e. The van der Waals surface area contributed by atoms with Crippen LogP contribution in [0.2, 0.25) is 0 Å². The van der Waals surface area contributed by atoms with Crippen LogP contribution in [0, 0.1) is 5.92 Å². The third-order valence-corrected chi connectivity index (χ3v) is 1.95. The summed E-state index contributed by atoms with van der Waals surface area (Å²) >= 11 is 0. The van der Waals surface area contributed by atoms with Crippen LogP contribution in [0.1, 0.15) is 13.8 Å². The van der Waals surface area contributed by atoms with Crippen molar-refractivity contribution in [3.05, 3.63) is 0 Å². The summed E-state index contributed by atoms with van der Waals surface area (Å²) in [5.74, 6) is 0.466. The molecule has 1 aliphatic rings. The van der Waals surface area contributed by atoms with E-state index in [-0.39, 0.29) is 12.7 Å². The van der Waals surface area contributed by atoms with Crippen LogP contribution in [0.15, 0.2) is 0 Å². The van der Waals surface area contributed by atoms with Crippen molar-refractivity contribution in [2.75, 3.05) is 19.7 Å². The molecular weight excluding hydrogens is 145 g/mol. The molecule has 0 spiro atoms. The zero-order valence-corrected chi connectivity index (χ0v) is 7.14. The summed E-state index contributed by atoms with van der Waals surface area (Å²) in [4.78, 5) is 0. The van der Waals surface area contributed by atoms with Gasteiger partial charge < -0.3 is 10.1 Å². The van der Waals surface area contributed by atoms with Crippen molar-refractivity contribution in [3.8, 4) is 0 Å². The van der Waals surface area contributed by atoms with E-state index in [0.717, 1.165) is 6.54 Å². The van der Waals surface area contributed by atoms with Gasteiger partial charge in [-0.1, -0.05) is 13.8 Å². The SMILES string of the molecule is CC(C)C1CNC[C@@H](F)CO1. The Bertz CT molecular complexity index is 119. The van der Waals surface area contributed by atoms with Gasteiger partial charge in [0.2, 0.25) is 0 Å². The molecule has 2 nitrogen and oxygen atoms in total. The molecule has 1 heterocycles. The number of alkyl halides is 1. The molecule has 0 aromatic heterocycles. The first kappa shape index (κ1) is 8.94. The first-order chi connectivity index (χ1) is 5.20. The van der Waals surface area contributed by atoms with Gasteiger partial charge in [0.15, 0.2) is 0 Å². The Balaban J connectivity index is 2.34. The molecular formula is C8H16FNO. The van der Waals surface area contributed by atoms with Crippen molar-refractivity contribution < 1.29 is 9.13 Å². The Kier molecular flexibility index (Phi) is 3.27. The average Bonchev–Trinajstić information content (AvgIpc) is 2.13. The van der Waals surface area contributed by atoms with Gasteiger partial charge in [0, 0.05) is 13.1 Å². The standard InChI is InChI=1S/C8H16FNO/c1-6(2)8-4-10-3-7(9)5-11-8/h6-8,10H,3-5H2,1-2H3/t7-,8?/m1/s1. The molecule has 1 fully saturated rings. The fourth-order valence-electron chi connectivity index (χ4n) is 1.16. The van der Waals surface area contributed by atoms with Crippen molar-refractivity contribution >= 4 is 0 Å². The first-order valence-corrected chi connectivity index (χ1v) is 4.16. The first-order valence-electron chi connectivity index (χ1n) is 4.16. The van der Waals surface area contributed by atoms with Crippen LogP contribution < -0.4 is 5.32 Å². The molecule has 1 saturated heterocycles. The smallest absolute Gasteiger partial charge is 0.136 e. The molecule has 1 N–H and O–H groups in total. The lowest BCUT2D eigenvalue weighted by molar-refractivity contribution is 0.0141. The predicted octanol–water partition coefficient (Wildman–Crippen LogP) is 0.969. The molecule has 0 amide bonds. The number of ether oxygens (including phenoxy) is 1. The largest absolute Gasteiger partial charge is 0.374 e. The average molecular weight is 161 g/mol. The Morgan fingerprint density at radius 2 is 2.18 bits per heavy atom. The van der Waals surface area contributed by atoms with Crippen molar-refractivity contribution in [2.24, 2.45) is 5.92 Å². The van der Waals surface area contributed by atoms with E-state index in [1.54, 1.807) is 0 Å². The van der Waals surface area contributed by atoms with Gasteiger partial charge in [-0.05, 0) is 5.92 Å². The van der Waals surface area contributed by atoms with Gasteiger partial charge >= 0.3 is 0 Å². The minimum atomic E-state index is -0.834. The van der Waals surface area contributed by atoms with Crippen LogP contribution in [0.5, 0.6) is 0 Å². The molecule has 2 atom stereocenters. The van der Waals surface area contributed by atoms with Crippen LogP contribution in [0.3, 0.4) is 0 Å². The highest BCUT2D eigenvalue weighted by Crippen LogP contribution is 2.09. The fraction of sp³-hybridized carbons (Fsp3) is 1.00. The number of hydrogen-bond acceptors (Lipinski definition) is 2. The van der Waals surface area contributed by atoms with Gasteiger partial charge in [0.1, 0.15) is 6.17 Å². The van der Waals surface area contributed by atoms with E-state index < -0.39 is 6.17 Å².